The maximum absolute atomic E-state index is 12.9. The van der Waals surface area contributed by atoms with Crippen molar-refractivity contribution in [3.05, 3.63) is 27.7 Å². The second kappa shape index (κ2) is 6.60. The largest absolute Gasteiger partial charge is 0.494 e. The van der Waals surface area contributed by atoms with Gasteiger partial charge in [-0.15, -0.1) is 0 Å². The van der Waals surface area contributed by atoms with E-state index in [1.807, 2.05) is 0 Å². The third-order valence-corrected chi connectivity index (χ3v) is 2.96. The summed E-state index contributed by atoms with van der Waals surface area (Å²) < 4.78 is 91.5. The summed E-state index contributed by atoms with van der Waals surface area (Å²) in [5.74, 6) is -6.25. The van der Waals surface area contributed by atoms with Crippen molar-refractivity contribution < 1.29 is 35.5 Å². The van der Waals surface area contributed by atoms with Crippen LogP contribution in [0.15, 0.2) is 17.2 Å². The molecule has 0 heterocycles. The third-order valence-electron chi connectivity index (χ3n) is 2.39. The van der Waals surface area contributed by atoms with E-state index in [1.165, 1.54) is 7.11 Å². The van der Waals surface area contributed by atoms with E-state index in [4.69, 9.17) is 27.9 Å². The van der Waals surface area contributed by atoms with Crippen molar-refractivity contribution in [2.45, 2.75) is 18.1 Å². The second-order valence-electron chi connectivity index (χ2n) is 4.03. The number of nitrogens with zero attached hydrogens (tertiary/aromatic N) is 1. The second-order valence-corrected chi connectivity index (χ2v) is 4.85. The van der Waals surface area contributed by atoms with Crippen LogP contribution in [0.1, 0.15) is 5.56 Å². The molecule has 0 aromatic heterocycles. The first-order chi connectivity index (χ1) is 10.3. The van der Waals surface area contributed by atoms with Crippen LogP contribution in [0, 0.1) is 0 Å². The summed E-state index contributed by atoms with van der Waals surface area (Å²) >= 11 is 11.5. The molecule has 12 heteroatoms. The van der Waals surface area contributed by atoms with Crippen LogP contribution >= 0.6 is 23.2 Å². The van der Waals surface area contributed by atoms with Crippen LogP contribution in [-0.4, -0.2) is 31.5 Å². The van der Waals surface area contributed by atoms with Gasteiger partial charge >= 0.3 is 18.1 Å². The minimum atomic E-state index is -6.45. The lowest BCUT2D eigenvalue weighted by atomic mass is 10.2. The van der Waals surface area contributed by atoms with Gasteiger partial charge in [0, 0.05) is 0 Å². The van der Waals surface area contributed by atoms with E-state index >= 15 is 0 Å². The summed E-state index contributed by atoms with van der Waals surface area (Å²) in [7, 11) is 1.25. The van der Waals surface area contributed by atoms with Gasteiger partial charge in [0.25, 0.3) is 0 Å². The van der Waals surface area contributed by atoms with Gasteiger partial charge in [0.15, 0.2) is 5.75 Å². The van der Waals surface area contributed by atoms with E-state index in [0.717, 1.165) is 12.1 Å². The maximum atomic E-state index is 12.9. The first-order valence-corrected chi connectivity index (χ1v) is 6.24. The summed E-state index contributed by atoms with van der Waals surface area (Å²) in [6.45, 7) is 0. The minimum absolute atomic E-state index is 0.0422. The number of ether oxygens (including phenoxy) is 1. The minimum Gasteiger partial charge on any atom is -0.494 e. The SMILES string of the molecule is COc1c(Cl)cc(/C=N/NC(F)(F)C(F)(F)C(F)(F)F)cc1Cl. The first kappa shape index (κ1) is 19.6. The molecule has 0 aliphatic carbocycles. The lowest BCUT2D eigenvalue weighted by Gasteiger charge is -2.27. The summed E-state index contributed by atoms with van der Waals surface area (Å²) in [6.07, 6.45) is -5.91. The van der Waals surface area contributed by atoms with E-state index in [9.17, 15) is 30.7 Å². The molecule has 0 amide bonds. The Morgan fingerprint density at radius 2 is 1.52 bits per heavy atom. The topological polar surface area (TPSA) is 33.6 Å². The molecule has 0 atom stereocenters. The van der Waals surface area contributed by atoms with Gasteiger partial charge in [-0.1, -0.05) is 23.2 Å². The molecule has 1 rings (SSSR count). The molecule has 0 saturated carbocycles. The van der Waals surface area contributed by atoms with Crippen LogP contribution in [0.25, 0.3) is 0 Å². The van der Waals surface area contributed by atoms with Gasteiger partial charge in [0.2, 0.25) is 0 Å². The van der Waals surface area contributed by atoms with Gasteiger partial charge in [0.1, 0.15) is 0 Å². The van der Waals surface area contributed by atoms with Crippen molar-refractivity contribution in [3.8, 4) is 5.75 Å². The van der Waals surface area contributed by atoms with Crippen molar-refractivity contribution in [2.24, 2.45) is 5.10 Å². The van der Waals surface area contributed by atoms with Gasteiger partial charge in [-0.05, 0) is 17.7 Å². The fraction of sp³-hybridized carbons (Fsp3) is 0.364. The molecular formula is C11H7Cl2F7N2O. The lowest BCUT2D eigenvalue weighted by molar-refractivity contribution is -0.361. The highest BCUT2D eigenvalue weighted by Gasteiger charge is 2.73. The molecule has 1 N–H and O–H groups in total. The highest BCUT2D eigenvalue weighted by molar-refractivity contribution is 6.37. The summed E-state index contributed by atoms with van der Waals surface area (Å²) in [5, 5.41) is 2.57. The van der Waals surface area contributed by atoms with Gasteiger partial charge in [-0.3, -0.25) is 0 Å². The Balaban J connectivity index is 2.96. The van der Waals surface area contributed by atoms with Crippen LogP contribution < -0.4 is 10.2 Å². The molecule has 0 unspecified atom stereocenters. The number of halogens is 9. The predicted molar refractivity (Wildman–Crippen MR) is 69.7 cm³/mol. The molecule has 1 aromatic carbocycles. The lowest BCUT2D eigenvalue weighted by Crippen LogP contribution is -2.58. The fourth-order valence-electron chi connectivity index (χ4n) is 1.29. The van der Waals surface area contributed by atoms with Crippen LogP contribution in [0.5, 0.6) is 5.75 Å². The Kier molecular flexibility index (Phi) is 5.63. The van der Waals surface area contributed by atoms with E-state index in [0.29, 0.717) is 11.6 Å². The van der Waals surface area contributed by atoms with E-state index in [2.05, 4.69) is 5.10 Å². The highest BCUT2D eigenvalue weighted by Crippen LogP contribution is 2.45. The first-order valence-electron chi connectivity index (χ1n) is 5.49. The third kappa shape index (κ3) is 4.11. The summed E-state index contributed by atoms with van der Waals surface area (Å²) in [4.78, 5) is 0. The number of hydrogen-bond acceptors (Lipinski definition) is 3. The summed E-state index contributed by atoms with van der Waals surface area (Å²) in [5.41, 5.74) is 0.428. The number of benzene rings is 1. The van der Waals surface area contributed by atoms with E-state index < -0.39 is 18.1 Å². The van der Waals surface area contributed by atoms with Gasteiger partial charge < -0.3 is 4.74 Å². The number of hydrogen-bond donors (Lipinski definition) is 1. The predicted octanol–water partition coefficient (Wildman–Crippen LogP) is 4.72. The van der Waals surface area contributed by atoms with E-state index in [1.54, 1.807) is 0 Å². The molecule has 0 aliphatic heterocycles. The zero-order valence-electron chi connectivity index (χ0n) is 11.0. The van der Waals surface area contributed by atoms with Crippen molar-refractivity contribution >= 4 is 29.4 Å². The molecule has 0 bridgehead atoms. The Morgan fingerprint density at radius 1 is 1.04 bits per heavy atom. The monoisotopic (exact) mass is 386 g/mol. The molecule has 23 heavy (non-hydrogen) atoms. The molecule has 0 fully saturated rings. The normalized spacial score (nSPS) is 13.5. The van der Waals surface area contributed by atoms with Crippen molar-refractivity contribution in [1.82, 2.24) is 5.43 Å². The van der Waals surface area contributed by atoms with Crippen molar-refractivity contribution in [3.63, 3.8) is 0 Å². The Morgan fingerprint density at radius 3 is 1.91 bits per heavy atom. The zero-order valence-corrected chi connectivity index (χ0v) is 12.5. The van der Waals surface area contributed by atoms with Crippen molar-refractivity contribution in [1.29, 1.82) is 0 Å². The van der Waals surface area contributed by atoms with Crippen LogP contribution in [0.3, 0.4) is 0 Å². The van der Waals surface area contributed by atoms with Gasteiger partial charge in [-0.2, -0.15) is 35.8 Å². The number of nitrogens with one attached hydrogen (secondary N) is 1. The number of rotatable bonds is 5. The summed E-state index contributed by atoms with van der Waals surface area (Å²) in [6, 6.07) is -3.41. The molecule has 0 spiro atoms. The molecule has 1 aromatic rings. The van der Waals surface area contributed by atoms with Crippen LogP contribution in [-0.2, 0) is 0 Å². The molecule has 3 nitrogen and oxygen atoms in total. The average Bonchev–Trinajstić information content (AvgIpc) is 2.36. The quantitative estimate of drug-likeness (QED) is 0.344. The molecule has 0 aliphatic rings. The molecule has 130 valence electrons. The maximum Gasteiger partial charge on any atom is 0.462 e. The molecule has 0 radical (unpaired) electrons. The fourth-order valence-corrected chi connectivity index (χ4v) is 1.94. The smallest absolute Gasteiger partial charge is 0.462 e. The van der Waals surface area contributed by atoms with Crippen LogP contribution in [0.4, 0.5) is 30.7 Å². The average molecular weight is 387 g/mol. The van der Waals surface area contributed by atoms with Gasteiger partial charge in [-0.25, -0.2) is 5.43 Å². The Bertz CT molecular complexity index is 582. The van der Waals surface area contributed by atoms with Crippen LogP contribution in [0.2, 0.25) is 10.0 Å². The Hall–Kier alpha value is -1.42. The highest BCUT2D eigenvalue weighted by atomic mass is 35.5. The Labute approximate surface area is 135 Å². The molecular weight excluding hydrogens is 380 g/mol. The van der Waals surface area contributed by atoms with Gasteiger partial charge in [0.05, 0.1) is 23.4 Å². The zero-order chi connectivity index (χ0) is 18.1. The van der Waals surface area contributed by atoms with Crippen molar-refractivity contribution in [2.75, 3.05) is 7.11 Å². The standard InChI is InChI=1S/C11H7Cl2F7N2O/c1-23-8-6(12)2-5(3-7(8)13)4-21-22-11(19,20)9(14,15)10(16,17)18/h2-4,22H,1H3/b21-4+. The number of hydrazone groups is 1. The number of alkyl halides is 7. The van der Waals surface area contributed by atoms with E-state index in [-0.39, 0.29) is 21.4 Å². The molecule has 0 saturated heterocycles. The number of methoxy groups -OCH3 is 1.